The van der Waals surface area contributed by atoms with E-state index in [1.165, 1.54) is 0 Å². The Bertz CT molecular complexity index is 403. The minimum absolute atomic E-state index is 0.0136. The normalized spacial score (nSPS) is 11.6. The zero-order valence-electron chi connectivity index (χ0n) is 7.41. The highest BCUT2D eigenvalue weighted by Crippen LogP contribution is 2.15. The topological polar surface area (TPSA) is 34.1 Å². The van der Waals surface area contributed by atoms with Gasteiger partial charge in [0, 0.05) is 11.2 Å². The van der Waals surface area contributed by atoms with E-state index in [-0.39, 0.29) is 11.6 Å². The maximum absolute atomic E-state index is 11.6. The molecule has 1 aromatic carbocycles. The van der Waals surface area contributed by atoms with Gasteiger partial charge in [-0.05, 0) is 17.7 Å². The third-order valence-electron chi connectivity index (χ3n) is 1.76. The minimum Gasteiger partial charge on any atom is -0.224 e. The summed E-state index contributed by atoms with van der Waals surface area (Å²) in [4.78, 5) is 0.343. The van der Waals surface area contributed by atoms with E-state index in [4.69, 9.17) is 11.6 Å². The lowest BCUT2D eigenvalue weighted by Gasteiger charge is -2.03. The molecule has 0 saturated carbocycles. The van der Waals surface area contributed by atoms with Crippen molar-refractivity contribution in [3.8, 4) is 0 Å². The molecule has 0 spiro atoms. The summed E-state index contributed by atoms with van der Waals surface area (Å²) in [6.07, 6.45) is 0. The molecular formula is C9H10BrClO2S. The van der Waals surface area contributed by atoms with Gasteiger partial charge in [-0.15, -0.1) is 11.6 Å². The summed E-state index contributed by atoms with van der Waals surface area (Å²) in [6.45, 7) is 0. The van der Waals surface area contributed by atoms with E-state index >= 15 is 0 Å². The van der Waals surface area contributed by atoms with Gasteiger partial charge in [0.2, 0.25) is 0 Å². The van der Waals surface area contributed by atoms with Crippen LogP contribution in [0.2, 0.25) is 0 Å². The molecule has 0 N–H and O–H groups in total. The van der Waals surface area contributed by atoms with E-state index in [1.807, 2.05) is 6.07 Å². The Morgan fingerprint density at radius 1 is 1.36 bits per heavy atom. The van der Waals surface area contributed by atoms with Crippen LogP contribution in [0.15, 0.2) is 29.2 Å². The molecule has 0 aliphatic rings. The summed E-state index contributed by atoms with van der Waals surface area (Å²) >= 11 is 8.70. The molecule has 0 amide bonds. The van der Waals surface area contributed by atoms with Gasteiger partial charge >= 0.3 is 0 Å². The van der Waals surface area contributed by atoms with Crippen LogP contribution in [0.5, 0.6) is 0 Å². The number of sulfone groups is 1. The Hall–Kier alpha value is -0.0600. The number of alkyl halides is 2. The molecule has 0 saturated heterocycles. The maximum Gasteiger partial charge on any atom is 0.179 e. The highest BCUT2D eigenvalue weighted by atomic mass is 79.9. The molecule has 0 aromatic heterocycles. The van der Waals surface area contributed by atoms with Crippen LogP contribution >= 0.6 is 27.5 Å². The summed E-state index contributed by atoms with van der Waals surface area (Å²) < 4.78 is 23.2. The summed E-state index contributed by atoms with van der Waals surface area (Å²) in [5.41, 5.74) is 0.945. The molecule has 0 fully saturated rings. The zero-order chi connectivity index (χ0) is 10.6. The SMILES string of the molecule is O=S(=O)(CCCl)c1cccc(CBr)c1. The average Bonchev–Trinajstić information content (AvgIpc) is 2.18. The van der Waals surface area contributed by atoms with Crippen molar-refractivity contribution in [1.82, 2.24) is 0 Å². The maximum atomic E-state index is 11.6. The Labute approximate surface area is 97.3 Å². The second kappa shape index (κ2) is 5.14. The van der Waals surface area contributed by atoms with Crippen molar-refractivity contribution < 1.29 is 8.42 Å². The number of hydrogen-bond acceptors (Lipinski definition) is 2. The third-order valence-corrected chi connectivity index (χ3v) is 4.53. The summed E-state index contributed by atoms with van der Waals surface area (Å²) in [5, 5.41) is 0.650. The fraction of sp³-hybridized carbons (Fsp3) is 0.333. The van der Waals surface area contributed by atoms with E-state index < -0.39 is 9.84 Å². The molecule has 0 aliphatic heterocycles. The predicted molar refractivity (Wildman–Crippen MR) is 61.8 cm³/mol. The molecule has 1 aromatic rings. The molecular weight excluding hydrogens is 288 g/mol. The Morgan fingerprint density at radius 3 is 2.64 bits per heavy atom. The molecule has 0 radical (unpaired) electrons. The molecule has 0 heterocycles. The Balaban J connectivity index is 3.07. The largest absolute Gasteiger partial charge is 0.224 e. The van der Waals surface area contributed by atoms with E-state index in [2.05, 4.69) is 15.9 Å². The van der Waals surface area contributed by atoms with Crippen LogP contribution in [0, 0.1) is 0 Å². The number of rotatable bonds is 4. The van der Waals surface area contributed by atoms with Crippen LogP contribution < -0.4 is 0 Å². The Kier molecular flexibility index (Phi) is 4.41. The zero-order valence-corrected chi connectivity index (χ0v) is 10.6. The molecule has 78 valence electrons. The fourth-order valence-corrected chi connectivity index (χ4v) is 3.06. The molecule has 2 nitrogen and oxygen atoms in total. The molecule has 0 bridgehead atoms. The van der Waals surface area contributed by atoms with Gasteiger partial charge < -0.3 is 0 Å². The monoisotopic (exact) mass is 296 g/mol. The first-order valence-electron chi connectivity index (χ1n) is 4.04. The number of halogens is 2. The molecule has 0 aliphatic carbocycles. The van der Waals surface area contributed by atoms with Gasteiger partial charge in [0.1, 0.15) is 0 Å². The first kappa shape index (κ1) is 12.0. The minimum atomic E-state index is -3.20. The highest BCUT2D eigenvalue weighted by molar-refractivity contribution is 9.08. The van der Waals surface area contributed by atoms with Crippen LogP contribution in [-0.2, 0) is 15.2 Å². The fourth-order valence-electron chi connectivity index (χ4n) is 1.04. The average molecular weight is 298 g/mol. The Morgan fingerprint density at radius 2 is 2.07 bits per heavy atom. The smallest absolute Gasteiger partial charge is 0.179 e. The first-order valence-corrected chi connectivity index (χ1v) is 7.34. The van der Waals surface area contributed by atoms with Crippen LogP contribution in [-0.4, -0.2) is 20.1 Å². The molecule has 1 rings (SSSR count). The van der Waals surface area contributed by atoms with Crippen molar-refractivity contribution in [2.45, 2.75) is 10.2 Å². The predicted octanol–water partition coefficient (Wildman–Crippen LogP) is 2.59. The third kappa shape index (κ3) is 2.97. The highest BCUT2D eigenvalue weighted by Gasteiger charge is 2.13. The van der Waals surface area contributed by atoms with Gasteiger partial charge in [-0.1, -0.05) is 28.1 Å². The molecule has 14 heavy (non-hydrogen) atoms. The van der Waals surface area contributed by atoms with E-state index in [0.29, 0.717) is 10.2 Å². The lowest BCUT2D eigenvalue weighted by atomic mass is 10.2. The molecule has 0 unspecified atom stereocenters. The van der Waals surface area contributed by atoms with Gasteiger partial charge in [0.15, 0.2) is 9.84 Å². The van der Waals surface area contributed by atoms with Gasteiger partial charge in [-0.3, -0.25) is 0 Å². The quantitative estimate of drug-likeness (QED) is 0.801. The standard InChI is InChI=1S/C9H10BrClO2S/c10-7-8-2-1-3-9(6-8)14(12,13)5-4-11/h1-3,6H,4-5,7H2. The summed E-state index contributed by atoms with van der Waals surface area (Å²) in [7, 11) is -3.20. The van der Waals surface area contributed by atoms with Crippen molar-refractivity contribution in [3.63, 3.8) is 0 Å². The van der Waals surface area contributed by atoms with Gasteiger partial charge in [0.25, 0.3) is 0 Å². The molecule has 0 atom stereocenters. The molecule has 5 heteroatoms. The lowest BCUT2D eigenvalue weighted by molar-refractivity contribution is 0.597. The van der Waals surface area contributed by atoms with Crippen molar-refractivity contribution in [2.24, 2.45) is 0 Å². The second-order valence-corrected chi connectivity index (χ2v) is 5.84. The van der Waals surface area contributed by atoms with Crippen molar-refractivity contribution in [3.05, 3.63) is 29.8 Å². The van der Waals surface area contributed by atoms with Gasteiger partial charge in [0.05, 0.1) is 10.6 Å². The van der Waals surface area contributed by atoms with Crippen LogP contribution in [0.3, 0.4) is 0 Å². The summed E-state index contributed by atoms with van der Waals surface area (Å²) in [6, 6.07) is 6.86. The summed E-state index contributed by atoms with van der Waals surface area (Å²) in [5.74, 6) is 0.112. The van der Waals surface area contributed by atoms with Gasteiger partial charge in [-0.25, -0.2) is 8.42 Å². The van der Waals surface area contributed by atoms with Crippen molar-refractivity contribution in [2.75, 3.05) is 11.6 Å². The van der Waals surface area contributed by atoms with Crippen LogP contribution in [0.25, 0.3) is 0 Å². The van der Waals surface area contributed by atoms with Crippen molar-refractivity contribution >= 4 is 37.4 Å². The number of benzene rings is 1. The van der Waals surface area contributed by atoms with E-state index in [9.17, 15) is 8.42 Å². The van der Waals surface area contributed by atoms with E-state index in [0.717, 1.165) is 5.56 Å². The van der Waals surface area contributed by atoms with Crippen LogP contribution in [0.4, 0.5) is 0 Å². The van der Waals surface area contributed by atoms with Crippen LogP contribution in [0.1, 0.15) is 5.56 Å². The first-order chi connectivity index (χ1) is 6.60. The number of hydrogen-bond donors (Lipinski definition) is 0. The van der Waals surface area contributed by atoms with Gasteiger partial charge in [-0.2, -0.15) is 0 Å². The van der Waals surface area contributed by atoms with Crippen molar-refractivity contribution in [1.29, 1.82) is 0 Å². The van der Waals surface area contributed by atoms with E-state index in [1.54, 1.807) is 18.2 Å². The lowest BCUT2D eigenvalue weighted by Crippen LogP contribution is -2.07. The second-order valence-electron chi connectivity index (χ2n) is 2.79.